The van der Waals surface area contributed by atoms with Gasteiger partial charge in [0.25, 0.3) is 0 Å². The molecule has 32 heavy (non-hydrogen) atoms. The molecule has 0 bridgehead atoms. The Hall–Kier alpha value is -3.39. The van der Waals surface area contributed by atoms with Crippen LogP contribution in [0.15, 0.2) is 54.5 Å². The Morgan fingerprint density at radius 1 is 1.41 bits per heavy atom. The molecular formula is C23H26ClFN6O. The minimum absolute atomic E-state index is 0.0520. The van der Waals surface area contributed by atoms with Crippen LogP contribution in [-0.4, -0.2) is 26.5 Å². The van der Waals surface area contributed by atoms with Gasteiger partial charge in [0.15, 0.2) is 11.6 Å². The van der Waals surface area contributed by atoms with Crippen LogP contribution in [0.25, 0.3) is 11.3 Å². The fraction of sp³-hybridized carbons (Fsp3) is 0.261. The average molecular weight is 457 g/mol. The van der Waals surface area contributed by atoms with Crippen molar-refractivity contribution in [2.45, 2.75) is 26.4 Å². The summed E-state index contributed by atoms with van der Waals surface area (Å²) >= 11 is 6.00. The van der Waals surface area contributed by atoms with Gasteiger partial charge in [-0.2, -0.15) is 5.10 Å². The first-order chi connectivity index (χ1) is 15.3. The summed E-state index contributed by atoms with van der Waals surface area (Å²) in [5, 5.41) is 15.5. The summed E-state index contributed by atoms with van der Waals surface area (Å²) in [6.45, 7) is 4.49. The van der Waals surface area contributed by atoms with Gasteiger partial charge in [0.1, 0.15) is 17.1 Å². The van der Waals surface area contributed by atoms with Crippen molar-refractivity contribution >= 4 is 22.6 Å². The molecule has 168 valence electrons. The number of aromatic nitrogens is 3. The van der Waals surface area contributed by atoms with E-state index in [1.165, 1.54) is 12.1 Å². The Morgan fingerprint density at radius 2 is 2.19 bits per heavy atom. The van der Waals surface area contributed by atoms with Crippen LogP contribution in [0.3, 0.4) is 0 Å². The van der Waals surface area contributed by atoms with Crippen LogP contribution in [0.4, 0.5) is 10.2 Å². The molecule has 0 fully saturated rings. The molecular weight excluding hydrogens is 431 g/mol. The van der Waals surface area contributed by atoms with Crippen molar-refractivity contribution in [2.24, 2.45) is 7.05 Å². The van der Waals surface area contributed by atoms with Crippen LogP contribution in [0, 0.1) is 11.2 Å². The Kier molecular flexibility index (Phi) is 7.48. The van der Waals surface area contributed by atoms with Gasteiger partial charge in [0.05, 0.1) is 5.69 Å². The Morgan fingerprint density at radius 3 is 2.88 bits per heavy atom. The van der Waals surface area contributed by atoms with Gasteiger partial charge in [-0.15, -0.1) is 0 Å². The fourth-order valence-electron chi connectivity index (χ4n) is 3.36. The zero-order chi connectivity index (χ0) is 23.3. The second-order valence-electron chi connectivity index (χ2n) is 7.27. The number of allylic oxidation sites excluding steroid dienone is 1. The van der Waals surface area contributed by atoms with Crippen molar-refractivity contribution in [3.05, 3.63) is 71.4 Å². The van der Waals surface area contributed by atoms with Gasteiger partial charge in [0.2, 0.25) is 0 Å². The molecule has 0 spiro atoms. The number of hydrogen-bond acceptors (Lipinski definition) is 6. The number of aryl methyl sites for hydroxylation is 1. The average Bonchev–Trinajstić information content (AvgIpc) is 3.12. The lowest BCUT2D eigenvalue weighted by molar-refractivity contribution is 0.227. The summed E-state index contributed by atoms with van der Waals surface area (Å²) < 4.78 is 21.9. The zero-order valence-corrected chi connectivity index (χ0v) is 18.9. The lowest BCUT2D eigenvalue weighted by Crippen LogP contribution is -2.10. The summed E-state index contributed by atoms with van der Waals surface area (Å²) in [6.07, 6.45) is 5.04. The second kappa shape index (κ2) is 10.3. The Balaban J connectivity index is 2.02. The third-order valence-corrected chi connectivity index (χ3v) is 5.10. The van der Waals surface area contributed by atoms with Crippen molar-refractivity contribution in [2.75, 3.05) is 12.3 Å². The molecule has 2 heterocycles. The van der Waals surface area contributed by atoms with Crippen LogP contribution < -0.4 is 15.8 Å². The van der Waals surface area contributed by atoms with Crippen LogP contribution in [0.1, 0.15) is 31.1 Å². The summed E-state index contributed by atoms with van der Waals surface area (Å²) in [5.41, 5.74) is 9.38. The highest BCUT2D eigenvalue weighted by molar-refractivity contribution is 6.68. The molecule has 3 rings (SSSR count). The van der Waals surface area contributed by atoms with E-state index in [2.05, 4.69) is 15.4 Å². The molecule has 9 heteroatoms. The first-order valence-corrected chi connectivity index (χ1v) is 10.5. The molecule has 0 radical (unpaired) electrons. The van der Waals surface area contributed by atoms with E-state index in [1.807, 2.05) is 27.1 Å². The Bertz CT molecular complexity index is 1140. The maximum Gasteiger partial charge on any atom is 0.166 e. The zero-order valence-electron chi connectivity index (χ0n) is 18.2. The van der Waals surface area contributed by atoms with Gasteiger partial charge < -0.3 is 15.8 Å². The molecule has 2 aromatic heterocycles. The molecule has 0 saturated carbocycles. The minimum atomic E-state index is -0.523. The number of nitrogens with zero attached hydrogens (tertiary/aromatic N) is 3. The lowest BCUT2D eigenvalue weighted by atomic mass is 9.96. The van der Waals surface area contributed by atoms with Crippen LogP contribution in [-0.2, 0) is 13.5 Å². The van der Waals surface area contributed by atoms with Crippen LogP contribution in [0.5, 0.6) is 5.75 Å². The normalized spacial score (nSPS) is 12.5. The molecule has 0 aliphatic rings. The van der Waals surface area contributed by atoms with E-state index < -0.39 is 6.10 Å². The number of hydrogen-bond donors (Lipinski definition) is 3. The van der Waals surface area contributed by atoms with Gasteiger partial charge in [-0.05, 0) is 44.2 Å². The van der Waals surface area contributed by atoms with Gasteiger partial charge in [-0.25, -0.2) is 9.37 Å². The fourth-order valence-corrected chi connectivity index (χ4v) is 3.48. The van der Waals surface area contributed by atoms with Gasteiger partial charge in [0, 0.05) is 60.9 Å². The van der Waals surface area contributed by atoms with Gasteiger partial charge in [-0.1, -0.05) is 11.6 Å². The predicted molar refractivity (Wildman–Crippen MR) is 125 cm³/mol. The third kappa shape index (κ3) is 5.45. The molecule has 0 aliphatic heterocycles. The number of halogens is 2. The number of benzene rings is 1. The highest BCUT2D eigenvalue weighted by Crippen LogP contribution is 2.34. The summed E-state index contributed by atoms with van der Waals surface area (Å²) in [6, 6.07) is 7.95. The van der Waals surface area contributed by atoms with Crippen LogP contribution in [0.2, 0.25) is 0 Å². The van der Waals surface area contributed by atoms with Crippen molar-refractivity contribution in [3.8, 4) is 17.0 Å². The smallest absolute Gasteiger partial charge is 0.166 e. The third-order valence-electron chi connectivity index (χ3n) is 4.86. The molecule has 1 atom stereocenters. The number of nitrogen functional groups attached to an aromatic ring is 1. The summed E-state index contributed by atoms with van der Waals surface area (Å²) in [4.78, 5) is 4.03. The molecule has 0 aliphatic carbocycles. The quantitative estimate of drug-likeness (QED) is 0.408. The number of anilines is 1. The standard InChI is InChI=1S/C23H26ClFN6O/c1-4-28-12-15(22(24)26)10-16-13-31(3)30-21(16)18-8-7-17(25)11-19(18)14(2)32-20-6-5-9-29-23(20)27/h5-9,11-14,26,28H,4,10H2,1-3H3,(H2,27,29)/b15-12-,26-22?/t14-/m1/s1. The predicted octanol–water partition coefficient (Wildman–Crippen LogP) is 4.60. The highest BCUT2D eigenvalue weighted by Gasteiger charge is 2.21. The van der Waals surface area contributed by atoms with E-state index in [4.69, 9.17) is 27.5 Å². The largest absolute Gasteiger partial charge is 0.482 e. The molecule has 7 nitrogen and oxygen atoms in total. The number of ether oxygens (including phenoxy) is 1. The lowest BCUT2D eigenvalue weighted by Gasteiger charge is -2.19. The number of nitrogens with two attached hydrogens (primary N) is 1. The first-order valence-electron chi connectivity index (χ1n) is 10.2. The van der Waals surface area contributed by atoms with Crippen molar-refractivity contribution in [3.63, 3.8) is 0 Å². The topological polar surface area (TPSA) is 102 Å². The molecule has 0 saturated heterocycles. The van der Waals surface area contributed by atoms with Crippen molar-refractivity contribution in [1.82, 2.24) is 20.1 Å². The monoisotopic (exact) mass is 456 g/mol. The maximum atomic E-state index is 14.2. The van der Waals surface area contributed by atoms with Gasteiger partial charge in [-0.3, -0.25) is 10.1 Å². The molecule has 0 unspecified atom stereocenters. The van der Waals surface area contributed by atoms with E-state index in [1.54, 1.807) is 35.3 Å². The minimum Gasteiger partial charge on any atom is -0.482 e. The molecule has 4 N–H and O–H groups in total. The number of pyridine rings is 1. The Labute approximate surface area is 191 Å². The molecule has 0 amide bonds. The maximum absolute atomic E-state index is 14.2. The first kappa shape index (κ1) is 23.3. The summed E-state index contributed by atoms with van der Waals surface area (Å²) in [7, 11) is 1.81. The van der Waals surface area contributed by atoms with Crippen molar-refractivity contribution < 1.29 is 9.13 Å². The van der Waals surface area contributed by atoms with E-state index in [-0.39, 0.29) is 16.8 Å². The highest BCUT2D eigenvalue weighted by atomic mass is 35.5. The van der Waals surface area contributed by atoms with Gasteiger partial charge >= 0.3 is 0 Å². The number of rotatable bonds is 9. The van der Waals surface area contributed by atoms with E-state index >= 15 is 0 Å². The van der Waals surface area contributed by atoms with E-state index in [0.717, 1.165) is 11.1 Å². The SMILES string of the molecule is CCN/C=C(/Cc1cn(C)nc1-c1ccc(F)cc1[C@@H](C)Oc1cccnc1N)C(=N)Cl. The van der Waals surface area contributed by atoms with E-state index in [0.29, 0.717) is 35.5 Å². The van der Waals surface area contributed by atoms with Crippen molar-refractivity contribution in [1.29, 1.82) is 5.41 Å². The second-order valence-corrected chi connectivity index (χ2v) is 7.65. The molecule has 1 aromatic carbocycles. The number of nitrogens with one attached hydrogen (secondary N) is 2. The summed E-state index contributed by atoms with van der Waals surface area (Å²) in [5.74, 6) is 0.295. The van der Waals surface area contributed by atoms with Crippen LogP contribution >= 0.6 is 11.6 Å². The van der Waals surface area contributed by atoms with E-state index in [9.17, 15) is 4.39 Å². The molecule has 3 aromatic rings.